The van der Waals surface area contributed by atoms with Gasteiger partial charge in [-0.3, -0.25) is 4.79 Å². The normalized spacial score (nSPS) is 9.55. The summed E-state index contributed by atoms with van der Waals surface area (Å²) in [6, 6.07) is 0. The first-order chi connectivity index (χ1) is 5.20. The van der Waals surface area contributed by atoms with Crippen LogP contribution in [-0.2, 0) is 0 Å². The number of rotatable bonds is 3. The van der Waals surface area contributed by atoms with E-state index in [9.17, 15) is 4.79 Å². The van der Waals surface area contributed by atoms with E-state index in [1.807, 2.05) is 6.92 Å². The van der Waals surface area contributed by atoms with Gasteiger partial charge in [0.05, 0.1) is 17.9 Å². The molecule has 58 valence electrons. The molecule has 1 aromatic rings. The number of ketones is 1. The highest BCUT2D eigenvalue weighted by molar-refractivity contribution is 6.99. The second-order valence-electron chi connectivity index (χ2n) is 2.35. The predicted octanol–water partition coefficient (Wildman–Crippen LogP) is 1.69. The maximum atomic E-state index is 11.2. The highest BCUT2D eigenvalue weighted by Crippen LogP contribution is 2.04. The molecule has 0 saturated carbocycles. The van der Waals surface area contributed by atoms with Gasteiger partial charge in [0.15, 0.2) is 5.78 Å². The summed E-state index contributed by atoms with van der Waals surface area (Å²) in [4.78, 5) is 11.2. The Bertz CT molecular complexity index is 266. The zero-order valence-corrected chi connectivity index (χ0v) is 7.02. The first kappa shape index (κ1) is 8.07. The third-order valence-corrected chi connectivity index (χ3v) is 1.59. The van der Waals surface area contributed by atoms with Crippen molar-refractivity contribution in [2.45, 2.75) is 13.3 Å². The molecule has 0 saturated heterocycles. The van der Waals surface area contributed by atoms with E-state index in [2.05, 4.69) is 15.3 Å². The summed E-state index contributed by atoms with van der Waals surface area (Å²) < 4.78 is 7.54. The molecule has 0 radical (unpaired) electrons. The summed E-state index contributed by atoms with van der Waals surface area (Å²) >= 11 is 1.04. The van der Waals surface area contributed by atoms with Gasteiger partial charge in [0.2, 0.25) is 0 Å². The van der Waals surface area contributed by atoms with E-state index < -0.39 is 0 Å². The van der Waals surface area contributed by atoms with Crippen LogP contribution in [0, 0.1) is 0 Å². The van der Waals surface area contributed by atoms with E-state index in [1.165, 1.54) is 6.20 Å². The third kappa shape index (κ3) is 2.23. The van der Waals surface area contributed by atoms with Gasteiger partial charge in [-0.2, -0.15) is 8.75 Å². The monoisotopic (exact) mass is 168 g/mol. The topological polar surface area (TPSA) is 42.9 Å². The molecule has 0 unspecified atom stereocenters. The van der Waals surface area contributed by atoms with Gasteiger partial charge in [0.1, 0.15) is 5.69 Å². The zero-order valence-electron chi connectivity index (χ0n) is 6.20. The van der Waals surface area contributed by atoms with Crippen molar-refractivity contribution in [3.63, 3.8) is 0 Å². The summed E-state index contributed by atoms with van der Waals surface area (Å²) in [7, 11) is 0. The molecule has 4 heteroatoms. The number of allylic oxidation sites excluding steroid dienone is 1. The Morgan fingerprint density at radius 2 is 2.55 bits per heavy atom. The lowest BCUT2D eigenvalue weighted by Crippen LogP contribution is -1.98. The number of Topliss-reactive ketones (excluding diaryl/α,β-unsaturated/α-hetero) is 1. The molecule has 0 fully saturated rings. The van der Waals surface area contributed by atoms with Crippen molar-refractivity contribution in [2.24, 2.45) is 0 Å². The second-order valence-corrected chi connectivity index (χ2v) is 2.91. The van der Waals surface area contributed by atoms with Gasteiger partial charge in [-0.05, 0) is 6.92 Å². The van der Waals surface area contributed by atoms with Crippen molar-refractivity contribution in [2.75, 3.05) is 0 Å². The molecule has 0 atom stereocenters. The van der Waals surface area contributed by atoms with Crippen LogP contribution in [0.25, 0.3) is 0 Å². The van der Waals surface area contributed by atoms with Crippen LogP contribution in [0.15, 0.2) is 18.3 Å². The van der Waals surface area contributed by atoms with E-state index in [0.717, 1.165) is 17.3 Å². The first-order valence-corrected chi connectivity index (χ1v) is 3.88. The molecule has 0 aliphatic carbocycles. The lowest BCUT2D eigenvalue weighted by Gasteiger charge is -1.92. The highest BCUT2D eigenvalue weighted by atomic mass is 32.1. The Morgan fingerprint density at radius 1 is 1.82 bits per heavy atom. The summed E-state index contributed by atoms with van der Waals surface area (Å²) in [5.74, 6) is -0.00810. The number of carbonyl (C=O) groups excluding carboxylic acids is 1. The Kier molecular flexibility index (Phi) is 2.48. The molecule has 0 aliphatic heterocycles. The average Bonchev–Trinajstić information content (AvgIpc) is 2.35. The molecule has 11 heavy (non-hydrogen) atoms. The van der Waals surface area contributed by atoms with Gasteiger partial charge < -0.3 is 0 Å². The number of carbonyl (C=O) groups is 1. The molecule has 1 rings (SSSR count). The predicted molar refractivity (Wildman–Crippen MR) is 43.7 cm³/mol. The third-order valence-electron chi connectivity index (χ3n) is 1.11. The molecule has 0 bridgehead atoms. The molecule has 0 aromatic carbocycles. The Balaban J connectivity index is 2.64. The van der Waals surface area contributed by atoms with Crippen molar-refractivity contribution >= 4 is 17.5 Å². The Labute approximate surface area is 69.1 Å². The van der Waals surface area contributed by atoms with E-state index in [1.54, 1.807) is 0 Å². The van der Waals surface area contributed by atoms with Crippen molar-refractivity contribution < 1.29 is 4.79 Å². The molecule has 0 aliphatic rings. The Hall–Kier alpha value is -1.03. The van der Waals surface area contributed by atoms with Crippen LogP contribution < -0.4 is 0 Å². The summed E-state index contributed by atoms with van der Waals surface area (Å²) in [6.07, 6.45) is 1.85. The van der Waals surface area contributed by atoms with Crippen molar-refractivity contribution in [1.29, 1.82) is 0 Å². The number of nitrogens with zero attached hydrogens (tertiary/aromatic N) is 2. The smallest absolute Gasteiger partial charge is 0.187 e. The molecule has 1 aromatic heterocycles. The van der Waals surface area contributed by atoms with Crippen LogP contribution in [0.2, 0.25) is 0 Å². The number of hydrogen-bond donors (Lipinski definition) is 0. The minimum Gasteiger partial charge on any atom is -0.292 e. The van der Waals surface area contributed by atoms with E-state index in [0.29, 0.717) is 12.1 Å². The standard InChI is InChI=1S/C7H8N2OS/c1-5(2)3-7(10)6-4-8-11-9-6/h4H,1,3H2,2H3. The quantitative estimate of drug-likeness (QED) is 0.509. The van der Waals surface area contributed by atoms with Gasteiger partial charge in [-0.15, -0.1) is 0 Å². The molecule has 0 spiro atoms. The zero-order chi connectivity index (χ0) is 8.27. The van der Waals surface area contributed by atoms with Crippen LogP contribution >= 0.6 is 11.7 Å². The van der Waals surface area contributed by atoms with Gasteiger partial charge in [-0.25, -0.2) is 0 Å². The fourth-order valence-electron chi connectivity index (χ4n) is 0.652. The fraction of sp³-hybridized carbons (Fsp3) is 0.286. The van der Waals surface area contributed by atoms with E-state index in [4.69, 9.17) is 0 Å². The SMILES string of the molecule is C=C(C)CC(=O)c1cnsn1. The summed E-state index contributed by atoms with van der Waals surface area (Å²) in [6.45, 7) is 5.46. The molecule has 1 heterocycles. The van der Waals surface area contributed by atoms with Gasteiger partial charge >= 0.3 is 0 Å². The average molecular weight is 168 g/mol. The van der Waals surface area contributed by atoms with Crippen molar-refractivity contribution in [3.05, 3.63) is 24.0 Å². The van der Waals surface area contributed by atoms with Crippen molar-refractivity contribution in [3.8, 4) is 0 Å². The van der Waals surface area contributed by atoms with Crippen LogP contribution in [0.4, 0.5) is 0 Å². The second kappa shape index (κ2) is 3.39. The van der Waals surface area contributed by atoms with E-state index >= 15 is 0 Å². The van der Waals surface area contributed by atoms with Gasteiger partial charge in [-0.1, -0.05) is 12.2 Å². The summed E-state index contributed by atoms with van der Waals surface area (Å²) in [5.41, 5.74) is 1.29. The summed E-state index contributed by atoms with van der Waals surface area (Å²) in [5, 5.41) is 0. The maximum Gasteiger partial charge on any atom is 0.187 e. The van der Waals surface area contributed by atoms with Crippen LogP contribution in [0.5, 0.6) is 0 Å². The largest absolute Gasteiger partial charge is 0.292 e. The molecular weight excluding hydrogens is 160 g/mol. The van der Waals surface area contributed by atoms with Crippen LogP contribution in [0.3, 0.4) is 0 Å². The van der Waals surface area contributed by atoms with Gasteiger partial charge in [0, 0.05) is 6.42 Å². The van der Waals surface area contributed by atoms with Crippen LogP contribution in [-0.4, -0.2) is 14.5 Å². The number of aromatic nitrogens is 2. The molecule has 0 N–H and O–H groups in total. The van der Waals surface area contributed by atoms with Crippen LogP contribution in [0.1, 0.15) is 23.8 Å². The maximum absolute atomic E-state index is 11.2. The van der Waals surface area contributed by atoms with Gasteiger partial charge in [0.25, 0.3) is 0 Å². The molecule has 3 nitrogen and oxygen atoms in total. The lowest BCUT2D eigenvalue weighted by molar-refractivity contribution is 0.0989. The minimum atomic E-state index is -0.00810. The van der Waals surface area contributed by atoms with Crippen molar-refractivity contribution in [1.82, 2.24) is 8.75 Å². The lowest BCUT2D eigenvalue weighted by atomic mass is 10.1. The number of hydrogen-bond acceptors (Lipinski definition) is 4. The Morgan fingerprint density at radius 3 is 3.00 bits per heavy atom. The molecular formula is C7H8N2OS. The highest BCUT2D eigenvalue weighted by Gasteiger charge is 2.07. The van der Waals surface area contributed by atoms with E-state index in [-0.39, 0.29) is 5.78 Å². The fourth-order valence-corrected chi connectivity index (χ4v) is 1.08. The minimum absolute atomic E-state index is 0.00810. The molecule has 0 amide bonds. The first-order valence-electron chi connectivity index (χ1n) is 3.15.